The summed E-state index contributed by atoms with van der Waals surface area (Å²) in [5.41, 5.74) is -0.645. The van der Waals surface area contributed by atoms with E-state index in [0.717, 1.165) is 19.3 Å². The molecule has 0 radical (unpaired) electrons. The molecule has 0 bridgehead atoms. The summed E-state index contributed by atoms with van der Waals surface area (Å²) in [7, 11) is 0. The van der Waals surface area contributed by atoms with Crippen molar-refractivity contribution in [1.82, 2.24) is 20.5 Å². The van der Waals surface area contributed by atoms with Gasteiger partial charge < -0.3 is 10.4 Å². The van der Waals surface area contributed by atoms with Crippen LogP contribution in [0.3, 0.4) is 0 Å². The van der Waals surface area contributed by atoms with E-state index in [0.29, 0.717) is 12.8 Å². The molecule has 0 spiro atoms. The molecule has 0 aromatic carbocycles. The predicted octanol–water partition coefficient (Wildman–Crippen LogP) is 0.712. The number of nitrogens with one attached hydrogen (secondary N) is 2. The van der Waals surface area contributed by atoms with E-state index in [4.69, 9.17) is 5.11 Å². The number of amides is 1. The minimum atomic E-state index is -0.894. The lowest BCUT2D eigenvalue weighted by Crippen LogP contribution is -2.51. The van der Waals surface area contributed by atoms with E-state index in [2.05, 4.69) is 20.5 Å². The molecule has 1 saturated carbocycles. The second-order valence-electron chi connectivity index (χ2n) is 4.70. The second kappa shape index (κ2) is 5.16. The fourth-order valence-electron chi connectivity index (χ4n) is 2.48. The Morgan fingerprint density at radius 1 is 1.39 bits per heavy atom. The van der Waals surface area contributed by atoms with E-state index in [1.54, 1.807) is 0 Å². The maximum atomic E-state index is 11.9. The van der Waals surface area contributed by atoms with Gasteiger partial charge in [0.05, 0.1) is 12.0 Å². The maximum Gasteiger partial charge on any atom is 0.305 e. The van der Waals surface area contributed by atoms with Gasteiger partial charge in [0.25, 0.3) is 5.91 Å². The Bertz CT molecular complexity index is 424. The predicted molar refractivity (Wildman–Crippen MR) is 61.9 cm³/mol. The van der Waals surface area contributed by atoms with Crippen molar-refractivity contribution in [2.75, 3.05) is 0 Å². The molecule has 7 nitrogen and oxygen atoms in total. The molecule has 0 unspecified atom stereocenters. The Balaban J connectivity index is 2.09. The smallest absolute Gasteiger partial charge is 0.305 e. The zero-order valence-corrected chi connectivity index (χ0v) is 9.98. The summed E-state index contributed by atoms with van der Waals surface area (Å²) in [6.07, 6.45) is 5.54. The summed E-state index contributed by atoms with van der Waals surface area (Å²) in [5.74, 6) is -1.17. The standard InChI is InChI=1S/C11H16N4O3/c16-8(17)6-11(4-2-1-3-5-11)14-10(18)9-12-7-13-15-9/h7H,1-6H2,(H,14,18)(H,16,17)(H,12,13,15). The van der Waals surface area contributed by atoms with Crippen molar-refractivity contribution in [3.8, 4) is 0 Å². The van der Waals surface area contributed by atoms with Crippen molar-refractivity contribution in [3.05, 3.63) is 12.2 Å². The minimum Gasteiger partial charge on any atom is -0.481 e. The molecule has 0 saturated heterocycles. The molecular weight excluding hydrogens is 236 g/mol. The van der Waals surface area contributed by atoms with Crippen molar-refractivity contribution in [2.45, 2.75) is 44.1 Å². The molecule has 0 atom stereocenters. The molecule has 7 heteroatoms. The number of nitrogens with zero attached hydrogens (tertiary/aromatic N) is 2. The Morgan fingerprint density at radius 2 is 2.11 bits per heavy atom. The van der Waals surface area contributed by atoms with E-state index < -0.39 is 17.4 Å². The van der Waals surface area contributed by atoms with E-state index in [9.17, 15) is 9.59 Å². The number of carboxylic acid groups (broad SMARTS) is 1. The summed E-state index contributed by atoms with van der Waals surface area (Å²) in [5, 5.41) is 17.9. The molecule has 1 aliphatic rings. The van der Waals surface area contributed by atoms with Crippen LogP contribution in [0, 0.1) is 0 Å². The third-order valence-corrected chi connectivity index (χ3v) is 3.31. The quantitative estimate of drug-likeness (QED) is 0.731. The van der Waals surface area contributed by atoms with E-state index in [1.807, 2.05) is 0 Å². The first-order valence-electron chi connectivity index (χ1n) is 6.01. The van der Waals surface area contributed by atoms with Crippen molar-refractivity contribution >= 4 is 11.9 Å². The van der Waals surface area contributed by atoms with Crippen LogP contribution in [0.5, 0.6) is 0 Å². The van der Waals surface area contributed by atoms with Gasteiger partial charge in [-0.05, 0) is 12.8 Å². The van der Waals surface area contributed by atoms with Crippen LogP contribution in [0.15, 0.2) is 6.33 Å². The Hall–Kier alpha value is -1.92. The zero-order valence-electron chi connectivity index (χ0n) is 9.98. The number of hydrogen-bond acceptors (Lipinski definition) is 4. The Labute approximate surface area is 104 Å². The largest absolute Gasteiger partial charge is 0.481 e. The third-order valence-electron chi connectivity index (χ3n) is 3.31. The van der Waals surface area contributed by atoms with Gasteiger partial charge in [-0.3, -0.25) is 14.7 Å². The summed E-state index contributed by atoms with van der Waals surface area (Å²) in [4.78, 5) is 26.6. The number of carbonyl (C=O) groups excluding carboxylic acids is 1. The molecule has 1 amide bonds. The van der Waals surface area contributed by atoms with Crippen LogP contribution in [0.4, 0.5) is 0 Å². The summed E-state index contributed by atoms with van der Waals surface area (Å²) in [6.45, 7) is 0. The number of rotatable bonds is 4. The highest BCUT2D eigenvalue weighted by Gasteiger charge is 2.36. The van der Waals surface area contributed by atoms with Gasteiger partial charge in [-0.15, -0.1) is 0 Å². The van der Waals surface area contributed by atoms with E-state index in [1.165, 1.54) is 6.33 Å². The molecule has 3 N–H and O–H groups in total. The Kier molecular flexibility index (Phi) is 3.59. The van der Waals surface area contributed by atoms with Crippen LogP contribution in [0.2, 0.25) is 0 Å². The monoisotopic (exact) mass is 252 g/mol. The van der Waals surface area contributed by atoms with Crippen LogP contribution >= 0.6 is 0 Å². The number of carboxylic acids is 1. The average Bonchev–Trinajstić information content (AvgIpc) is 2.82. The second-order valence-corrected chi connectivity index (χ2v) is 4.70. The highest BCUT2D eigenvalue weighted by Crippen LogP contribution is 2.31. The molecule has 0 aliphatic heterocycles. The van der Waals surface area contributed by atoms with Gasteiger partial charge in [-0.25, -0.2) is 4.98 Å². The third kappa shape index (κ3) is 2.85. The lowest BCUT2D eigenvalue weighted by molar-refractivity contribution is -0.139. The lowest BCUT2D eigenvalue weighted by atomic mass is 9.79. The zero-order chi connectivity index (χ0) is 13.0. The molecule has 1 aromatic heterocycles. The number of carbonyl (C=O) groups is 2. The van der Waals surface area contributed by atoms with Gasteiger partial charge in [0.1, 0.15) is 6.33 Å². The normalized spacial score (nSPS) is 18.2. The lowest BCUT2D eigenvalue weighted by Gasteiger charge is -2.36. The van der Waals surface area contributed by atoms with Gasteiger partial charge in [0, 0.05) is 0 Å². The maximum absolute atomic E-state index is 11.9. The van der Waals surface area contributed by atoms with Gasteiger partial charge in [-0.2, -0.15) is 5.10 Å². The molecule has 1 aromatic rings. The SMILES string of the molecule is O=C(O)CC1(NC(=O)c2ncn[nH]2)CCCCC1. The summed E-state index contributed by atoms with van der Waals surface area (Å²) in [6, 6.07) is 0. The van der Waals surface area contributed by atoms with Gasteiger partial charge in [-0.1, -0.05) is 19.3 Å². The molecular formula is C11H16N4O3. The fourth-order valence-corrected chi connectivity index (χ4v) is 2.48. The fraction of sp³-hybridized carbons (Fsp3) is 0.636. The van der Waals surface area contributed by atoms with Crippen molar-refractivity contribution in [3.63, 3.8) is 0 Å². The first-order chi connectivity index (χ1) is 8.61. The molecule has 1 aliphatic carbocycles. The van der Waals surface area contributed by atoms with Crippen LogP contribution in [0.25, 0.3) is 0 Å². The number of aliphatic carboxylic acids is 1. The highest BCUT2D eigenvalue weighted by molar-refractivity contribution is 5.91. The van der Waals surface area contributed by atoms with Crippen molar-refractivity contribution < 1.29 is 14.7 Å². The summed E-state index contributed by atoms with van der Waals surface area (Å²) >= 11 is 0. The topological polar surface area (TPSA) is 108 Å². The van der Waals surface area contributed by atoms with Crippen LogP contribution in [-0.4, -0.2) is 37.7 Å². The van der Waals surface area contributed by atoms with Gasteiger partial charge in [0.15, 0.2) is 0 Å². The van der Waals surface area contributed by atoms with Crippen LogP contribution < -0.4 is 5.32 Å². The molecule has 98 valence electrons. The number of aromatic nitrogens is 3. The molecule has 1 heterocycles. The van der Waals surface area contributed by atoms with E-state index in [-0.39, 0.29) is 12.2 Å². The van der Waals surface area contributed by atoms with Crippen molar-refractivity contribution in [2.24, 2.45) is 0 Å². The average molecular weight is 252 g/mol. The van der Waals surface area contributed by atoms with Crippen LogP contribution in [-0.2, 0) is 4.79 Å². The number of aromatic amines is 1. The summed E-state index contributed by atoms with van der Waals surface area (Å²) < 4.78 is 0. The van der Waals surface area contributed by atoms with E-state index >= 15 is 0 Å². The van der Waals surface area contributed by atoms with Crippen LogP contribution in [0.1, 0.15) is 49.1 Å². The molecule has 1 fully saturated rings. The molecule has 18 heavy (non-hydrogen) atoms. The minimum absolute atomic E-state index is 0.0487. The van der Waals surface area contributed by atoms with Crippen molar-refractivity contribution in [1.29, 1.82) is 0 Å². The molecule has 2 rings (SSSR count). The first kappa shape index (κ1) is 12.5. The number of H-pyrrole nitrogens is 1. The number of hydrogen-bond donors (Lipinski definition) is 3. The highest BCUT2D eigenvalue weighted by atomic mass is 16.4. The van der Waals surface area contributed by atoms with Gasteiger partial charge in [0.2, 0.25) is 5.82 Å². The Morgan fingerprint density at radius 3 is 2.67 bits per heavy atom. The first-order valence-corrected chi connectivity index (χ1v) is 6.01. The van der Waals surface area contributed by atoms with Gasteiger partial charge >= 0.3 is 5.97 Å².